The summed E-state index contributed by atoms with van der Waals surface area (Å²) in [6.45, 7) is 0. The van der Waals surface area contributed by atoms with Gasteiger partial charge in [-0.05, 0) is 54.6 Å². The van der Waals surface area contributed by atoms with E-state index in [4.69, 9.17) is 21.1 Å². The Kier molecular flexibility index (Phi) is 8.52. The highest BCUT2D eigenvalue weighted by molar-refractivity contribution is 8.00. The van der Waals surface area contributed by atoms with Gasteiger partial charge in [0, 0.05) is 15.6 Å². The molecule has 2 amide bonds. The van der Waals surface area contributed by atoms with Crippen LogP contribution in [0.3, 0.4) is 0 Å². The maximum absolute atomic E-state index is 13.2. The van der Waals surface area contributed by atoms with Crippen LogP contribution in [0.1, 0.15) is 15.9 Å². The summed E-state index contributed by atoms with van der Waals surface area (Å²) in [6, 6.07) is 14.8. The van der Waals surface area contributed by atoms with Gasteiger partial charge in [-0.1, -0.05) is 17.7 Å². The van der Waals surface area contributed by atoms with Crippen LogP contribution in [0.4, 0.5) is 24.5 Å². The van der Waals surface area contributed by atoms with Crippen molar-refractivity contribution in [1.82, 2.24) is 0 Å². The average molecular weight is 525 g/mol. The first-order valence-electron chi connectivity index (χ1n) is 10.0. The van der Waals surface area contributed by atoms with E-state index in [1.807, 2.05) is 0 Å². The highest BCUT2D eigenvalue weighted by atomic mass is 35.5. The molecule has 0 atom stereocenters. The fourth-order valence-corrected chi connectivity index (χ4v) is 3.97. The Labute approximate surface area is 208 Å². The zero-order valence-electron chi connectivity index (χ0n) is 18.5. The van der Waals surface area contributed by atoms with E-state index in [1.54, 1.807) is 42.5 Å². The molecule has 0 radical (unpaired) electrons. The number of amides is 2. The fraction of sp³-hybridized carbons (Fsp3) is 0.167. The number of carbonyl (C=O) groups excluding carboxylic acids is 2. The number of nitrogens with one attached hydrogen (secondary N) is 2. The van der Waals surface area contributed by atoms with Crippen LogP contribution in [0.2, 0.25) is 5.02 Å². The summed E-state index contributed by atoms with van der Waals surface area (Å²) in [6.07, 6.45) is -4.66. The van der Waals surface area contributed by atoms with Crippen molar-refractivity contribution >= 4 is 46.6 Å². The standard InChI is InChI=1S/C24H20ClF3N2O4S/c1-33-19-4-3-5-20(34-2)22(19)23(32)29-15-7-9-16(10-8-15)35-13-21(31)30-18-11-6-14(25)12-17(18)24(26,27)28/h3-12H,13H2,1-2H3,(H,29,32)(H,30,31). The molecule has 35 heavy (non-hydrogen) atoms. The van der Waals surface area contributed by atoms with Gasteiger partial charge in [-0.2, -0.15) is 13.2 Å². The average Bonchev–Trinajstić information content (AvgIpc) is 2.83. The number of thioether (sulfide) groups is 1. The Morgan fingerprint density at radius 1 is 0.943 bits per heavy atom. The molecule has 184 valence electrons. The predicted octanol–water partition coefficient (Wildman–Crippen LogP) is 6.36. The zero-order valence-corrected chi connectivity index (χ0v) is 20.1. The SMILES string of the molecule is COc1cccc(OC)c1C(=O)Nc1ccc(SCC(=O)Nc2ccc(Cl)cc2C(F)(F)F)cc1. The van der Waals surface area contributed by atoms with Crippen LogP contribution in [0.15, 0.2) is 65.6 Å². The third-order valence-electron chi connectivity index (χ3n) is 4.70. The monoisotopic (exact) mass is 524 g/mol. The van der Waals surface area contributed by atoms with E-state index in [0.29, 0.717) is 22.1 Å². The number of ether oxygens (including phenoxy) is 2. The maximum Gasteiger partial charge on any atom is 0.418 e. The van der Waals surface area contributed by atoms with Gasteiger partial charge in [-0.25, -0.2) is 0 Å². The van der Waals surface area contributed by atoms with Crippen molar-refractivity contribution in [3.05, 3.63) is 76.8 Å². The van der Waals surface area contributed by atoms with Crippen molar-refractivity contribution in [3.63, 3.8) is 0 Å². The molecule has 6 nitrogen and oxygen atoms in total. The van der Waals surface area contributed by atoms with Crippen LogP contribution in [-0.4, -0.2) is 31.8 Å². The van der Waals surface area contributed by atoms with Gasteiger partial charge in [0.15, 0.2) is 0 Å². The lowest BCUT2D eigenvalue weighted by molar-refractivity contribution is -0.137. The Morgan fingerprint density at radius 2 is 1.57 bits per heavy atom. The van der Waals surface area contributed by atoms with Crippen molar-refractivity contribution in [2.24, 2.45) is 0 Å². The van der Waals surface area contributed by atoms with Gasteiger partial charge in [-0.3, -0.25) is 9.59 Å². The first-order valence-corrected chi connectivity index (χ1v) is 11.4. The topological polar surface area (TPSA) is 76.7 Å². The third-order valence-corrected chi connectivity index (χ3v) is 5.95. The van der Waals surface area contributed by atoms with E-state index in [0.717, 1.165) is 23.9 Å². The largest absolute Gasteiger partial charge is 0.496 e. The summed E-state index contributed by atoms with van der Waals surface area (Å²) >= 11 is 6.78. The molecule has 2 N–H and O–H groups in total. The summed E-state index contributed by atoms with van der Waals surface area (Å²) in [4.78, 5) is 25.7. The second kappa shape index (κ2) is 11.4. The molecule has 0 heterocycles. The van der Waals surface area contributed by atoms with Gasteiger partial charge in [0.1, 0.15) is 17.1 Å². The number of hydrogen-bond acceptors (Lipinski definition) is 5. The first-order chi connectivity index (χ1) is 16.6. The van der Waals surface area contributed by atoms with Gasteiger partial charge < -0.3 is 20.1 Å². The Bertz CT molecular complexity index is 1200. The normalized spacial score (nSPS) is 11.0. The van der Waals surface area contributed by atoms with Crippen molar-refractivity contribution in [2.45, 2.75) is 11.1 Å². The highest BCUT2D eigenvalue weighted by Crippen LogP contribution is 2.36. The number of methoxy groups -OCH3 is 2. The number of benzene rings is 3. The van der Waals surface area contributed by atoms with E-state index >= 15 is 0 Å². The van der Waals surface area contributed by atoms with Crippen molar-refractivity contribution in [1.29, 1.82) is 0 Å². The van der Waals surface area contributed by atoms with Crippen molar-refractivity contribution < 1.29 is 32.2 Å². The molecule has 0 aliphatic carbocycles. The van der Waals surface area contributed by atoms with Gasteiger partial charge in [0.25, 0.3) is 5.91 Å². The van der Waals surface area contributed by atoms with Crippen molar-refractivity contribution in [3.8, 4) is 11.5 Å². The van der Waals surface area contributed by atoms with Gasteiger partial charge >= 0.3 is 6.18 Å². The van der Waals surface area contributed by atoms with Crippen LogP contribution in [0, 0.1) is 0 Å². The van der Waals surface area contributed by atoms with Crippen LogP contribution in [0.25, 0.3) is 0 Å². The van der Waals surface area contributed by atoms with Crippen LogP contribution < -0.4 is 20.1 Å². The minimum atomic E-state index is -4.66. The number of carbonyl (C=O) groups is 2. The fourth-order valence-electron chi connectivity index (χ4n) is 3.10. The molecule has 0 aromatic heterocycles. The summed E-state index contributed by atoms with van der Waals surface area (Å²) in [5.74, 6) is -0.445. The summed E-state index contributed by atoms with van der Waals surface area (Å²) < 4.78 is 50.1. The molecular weight excluding hydrogens is 505 g/mol. The minimum absolute atomic E-state index is 0.0824. The molecule has 0 spiro atoms. The lowest BCUT2D eigenvalue weighted by Crippen LogP contribution is -2.18. The van der Waals surface area contributed by atoms with E-state index < -0.39 is 23.6 Å². The van der Waals surface area contributed by atoms with Gasteiger partial charge in [-0.15, -0.1) is 11.8 Å². The number of anilines is 2. The molecule has 0 saturated carbocycles. The molecule has 3 aromatic rings. The van der Waals surface area contributed by atoms with E-state index in [2.05, 4.69) is 10.6 Å². The molecule has 0 bridgehead atoms. The van der Waals surface area contributed by atoms with Crippen LogP contribution in [-0.2, 0) is 11.0 Å². The molecule has 0 saturated heterocycles. The summed E-state index contributed by atoms with van der Waals surface area (Å²) in [7, 11) is 2.90. The van der Waals surface area contributed by atoms with Crippen molar-refractivity contribution in [2.75, 3.05) is 30.6 Å². The molecule has 0 unspecified atom stereocenters. The molecule has 0 aliphatic heterocycles. The molecular formula is C24H20ClF3N2O4S. The summed E-state index contributed by atoms with van der Waals surface area (Å²) in [5, 5.41) is 4.94. The molecule has 3 aromatic carbocycles. The van der Waals surface area contributed by atoms with E-state index in [9.17, 15) is 22.8 Å². The van der Waals surface area contributed by atoms with E-state index in [-0.39, 0.29) is 22.0 Å². The van der Waals surface area contributed by atoms with Gasteiger partial charge in [0.05, 0.1) is 31.2 Å². The number of hydrogen-bond donors (Lipinski definition) is 2. The van der Waals surface area contributed by atoms with E-state index in [1.165, 1.54) is 20.3 Å². The third kappa shape index (κ3) is 6.83. The Morgan fingerprint density at radius 3 is 2.14 bits per heavy atom. The lowest BCUT2D eigenvalue weighted by Gasteiger charge is -2.14. The smallest absolute Gasteiger partial charge is 0.418 e. The highest BCUT2D eigenvalue weighted by Gasteiger charge is 2.34. The Balaban J connectivity index is 1.61. The second-order valence-corrected chi connectivity index (χ2v) is 8.53. The quantitative estimate of drug-likeness (QED) is 0.335. The molecule has 0 fully saturated rings. The maximum atomic E-state index is 13.2. The Hall–Kier alpha value is -3.37. The molecule has 11 heteroatoms. The molecule has 0 aliphatic rings. The predicted molar refractivity (Wildman–Crippen MR) is 130 cm³/mol. The van der Waals surface area contributed by atoms with Crippen LogP contribution >= 0.6 is 23.4 Å². The summed E-state index contributed by atoms with van der Waals surface area (Å²) in [5.41, 5.74) is -0.645. The number of halogens is 4. The van der Waals surface area contributed by atoms with Gasteiger partial charge in [0.2, 0.25) is 5.91 Å². The lowest BCUT2D eigenvalue weighted by atomic mass is 10.1. The zero-order chi connectivity index (χ0) is 25.6. The minimum Gasteiger partial charge on any atom is -0.496 e. The number of alkyl halides is 3. The second-order valence-electron chi connectivity index (χ2n) is 7.04. The first kappa shape index (κ1) is 26.2. The van der Waals surface area contributed by atoms with Crippen LogP contribution in [0.5, 0.6) is 11.5 Å². The number of rotatable bonds is 8. The molecule has 3 rings (SSSR count).